The zero-order chi connectivity index (χ0) is 13.0. The molecule has 0 unspecified atom stereocenters. The maximum Gasteiger partial charge on any atom is 0.425 e. The van der Waals surface area contributed by atoms with Gasteiger partial charge in [-0.3, -0.25) is 0 Å². The summed E-state index contributed by atoms with van der Waals surface area (Å²) in [6, 6.07) is 0. The summed E-state index contributed by atoms with van der Waals surface area (Å²) in [7, 11) is -3.85. The van der Waals surface area contributed by atoms with Crippen molar-refractivity contribution in [1.29, 1.82) is 0 Å². The van der Waals surface area contributed by atoms with Gasteiger partial charge in [0, 0.05) is 6.54 Å². The van der Waals surface area contributed by atoms with E-state index in [9.17, 15) is 13.2 Å². The molecule has 0 aromatic heterocycles. The molecule has 0 atom stereocenters. The normalized spacial score (nSPS) is 11.8. The average molecular weight is 270 g/mol. The molecule has 0 aromatic rings. The molecule has 0 saturated heterocycles. The Kier molecular flexibility index (Phi) is 7.37. The number of amides is 1. The Hall–Kier alpha value is -0.860. The van der Waals surface area contributed by atoms with E-state index in [0.717, 1.165) is 0 Å². The first-order chi connectivity index (χ1) is 7.32. The molecule has 0 radical (unpaired) electrons. The topological polar surface area (TPSA) is 105 Å². The molecule has 0 fully saturated rings. The second-order valence-corrected chi connectivity index (χ2v) is 5.54. The molecule has 0 bridgehead atoms. The second-order valence-electron chi connectivity index (χ2n) is 3.43. The fraction of sp³-hybridized carbons (Fsp3) is 0.889. The minimum absolute atomic E-state index is 0. The average Bonchev–Trinajstić information content (AvgIpc) is 2.20. The van der Waals surface area contributed by atoms with Crippen LogP contribution in [0.1, 0.15) is 27.7 Å². The summed E-state index contributed by atoms with van der Waals surface area (Å²) in [6.45, 7) is 7.79. The molecule has 0 saturated carbocycles. The Morgan fingerprint density at radius 1 is 1.12 bits per heavy atom. The first-order valence-corrected chi connectivity index (χ1v) is 6.84. The number of carbonyl (C=O) groups is 1. The standard InChI is InChI=1S/C9H20N2O4S.H2O/c1-5-10(9(12)13)16(14,15)11(6-2,7-3)8-4;/h5-8H2,1-4H3;1H2. The van der Waals surface area contributed by atoms with Crippen LogP contribution < -0.4 is 0 Å². The highest BCUT2D eigenvalue weighted by molar-refractivity contribution is 7.84. The van der Waals surface area contributed by atoms with E-state index in [4.69, 9.17) is 5.11 Å². The van der Waals surface area contributed by atoms with Gasteiger partial charge >= 0.3 is 16.3 Å². The van der Waals surface area contributed by atoms with Crippen molar-refractivity contribution in [3.63, 3.8) is 0 Å². The third kappa shape index (κ3) is 3.08. The number of carboxylic acid groups (broad SMARTS) is 1. The molecule has 17 heavy (non-hydrogen) atoms. The summed E-state index contributed by atoms with van der Waals surface area (Å²) in [5, 5.41) is 8.90. The molecule has 0 aromatic carbocycles. The molecular weight excluding hydrogens is 248 g/mol. The Morgan fingerprint density at radius 3 is 1.65 bits per heavy atom. The van der Waals surface area contributed by atoms with Crippen LogP contribution in [0.2, 0.25) is 0 Å². The van der Waals surface area contributed by atoms with Crippen LogP contribution in [0.25, 0.3) is 0 Å². The van der Waals surface area contributed by atoms with Crippen LogP contribution >= 0.6 is 0 Å². The van der Waals surface area contributed by atoms with Crippen molar-refractivity contribution in [3.05, 3.63) is 0 Å². The molecule has 0 spiro atoms. The first-order valence-electron chi connectivity index (χ1n) is 5.44. The van der Waals surface area contributed by atoms with Crippen LogP contribution in [0.5, 0.6) is 0 Å². The van der Waals surface area contributed by atoms with Gasteiger partial charge in [-0.15, -0.1) is 0 Å². The van der Waals surface area contributed by atoms with Crippen molar-refractivity contribution >= 4 is 16.3 Å². The monoisotopic (exact) mass is 270 g/mol. The van der Waals surface area contributed by atoms with Crippen LogP contribution in [0, 0.1) is 0 Å². The summed E-state index contributed by atoms with van der Waals surface area (Å²) < 4.78 is 24.8. The fourth-order valence-electron chi connectivity index (χ4n) is 1.77. The lowest BCUT2D eigenvalue weighted by Gasteiger charge is -2.36. The van der Waals surface area contributed by atoms with Gasteiger partial charge in [-0.25, -0.2) is 8.68 Å². The molecule has 1 amide bonds. The lowest BCUT2D eigenvalue weighted by atomic mass is 10.5. The molecule has 0 aliphatic carbocycles. The largest absolute Gasteiger partial charge is 0.870 e. The third-order valence-corrected chi connectivity index (χ3v) is 5.72. The van der Waals surface area contributed by atoms with E-state index in [1.165, 1.54) is 6.92 Å². The van der Waals surface area contributed by atoms with Crippen molar-refractivity contribution in [2.75, 3.05) is 26.2 Å². The van der Waals surface area contributed by atoms with E-state index in [0.29, 0.717) is 23.9 Å². The smallest absolute Gasteiger partial charge is 0.425 e. The molecule has 0 aliphatic heterocycles. The number of hydrogen-bond acceptors (Lipinski definition) is 4. The predicted octanol–water partition coefficient (Wildman–Crippen LogP) is 0.931. The molecular formula is C9H22N2O5S. The second kappa shape index (κ2) is 6.77. The first kappa shape index (κ1) is 18.5. The van der Waals surface area contributed by atoms with Gasteiger partial charge in [0.15, 0.2) is 0 Å². The zero-order valence-electron chi connectivity index (χ0n) is 10.8. The number of rotatable bonds is 6. The van der Waals surface area contributed by atoms with E-state index in [1.54, 1.807) is 20.8 Å². The molecule has 0 rings (SSSR count). The Balaban J connectivity index is 0. The summed E-state index contributed by atoms with van der Waals surface area (Å²) in [6.07, 6.45) is -1.42. The summed E-state index contributed by atoms with van der Waals surface area (Å²) in [5.41, 5.74) is 0. The van der Waals surface area contributed by atoms with Crippen LogP contribution in [0.3, 0.4) is 0 Å². The van der Waals surface area contributed by atoms with Crippen LogP contribution in [-0.2, 0) is 10.2 Å². The van der Waals surface area contributed by atoms with Crippen molar-refractivity contribution in [2.24, 2.45) is 0 Å². The van der Waals surface area contributed by atoms with Gasteiger partial charge in [0.05, 0.1) is 19.6 Å². The molecule has 0 heterocycles. The van der Waals surface area contributed by atoms with Crippen LogP contribution in [-0.4, -0.2) is 59.5 Å². The van der Waals surface area contributed by atoms with Crippen molar-refractivity contribution in [1.82, 2.24) is 4.31 Å². The molecule has 7 nitrogen and oxygen atoms in total. The fourth-order valence-corrected chi connectivity index (χ4v) is 3.69. The Labute approximate surface area is 103 Å². The summed E-state index contributed by atoms with van der Waals surface area (Å²) in [5.74, 6) is 0. The maximum absolute atomic E-state index is 12.2. The van der Waals surface area contributed by atoms with Gasteiger partial charge in [-0.1, -0.05) is 0 Å². The van der Waals surface area contributed by atoms with E-state index in [1.807, 2.05) is 0 Å². The van der Waals surface area contributed by atoms with E-state index < -0.39 is 16.3 Å². The minimum Gasteiger partial charge on any atom is -0.870 e. The Bertz CT molecular complexity index is 329. The summed E-state index contributed by atoms with van der Waals surface area (Å²) in [4.78, 5) is 10.9. The van der Waals surface area contributed by atoms with Gasteiger partial charge in [-0.05, 0) is 27.7 Å². The van der Waals surface area contributed by atoms with E-state index in [2.05, 4.69) is 0 Å². The van der Waals surface area contributed by atoms with Crippen molar-refractivity contribution in [3.8, 4) is 0 Å². The maximum atomic E-state index is 12.2. The SMILES string of the molecule is CCN(C(=O)O)S(=O)(=O)[N+](CC)(CC)CC.[OH-]. The highest BCUT2D eigenvalue weighted by Gasteiger charge is 2.44. The van der Waals surface area contributed by atoms with Crippen LogP contribution in [0.4, 0.5) is 4.79 Å². The van der Waals surface area contributed by atoms with Crippen molar-refractivity contribution < 1.29 is 27.7 Å². The van der Waals surface area contributed by atoms with Crippen molar-refractivity contribution in [2.45, 2.75) is 27.7 Å². The van der Waals surface area contributed by atoms with Gasteiger partial charge in [0.2, 0.25) is 0 Å². The molecule has 0 aliphatic rings. The van der Waals surface area contributed by atoms with E-state index >= 15 is 0 Å². The molecule has 2 N–H and O–H groups in total. The highest BCUT2D eigenvalue weighted by atomic mass is 32.2. The van der Waals surface area contributed by atoms with Crippen LogP contribution in [0.15, 0.2) is 0 Å². The summed E-state index contributed by atoms with van der Waals surface area (Å²) >= 11 is 0. The van der Waals surface area contributed by atoms with Gasteiger partial charge < -0.3 is 10.6 Å². The Morgan fingerprint density at radius 2 is 1.47 bits per heavy atom. The third-order valence-electron chi connectivity index (χ3n) is 3.00. The van der Waals surface area contributed by atoms with Gasteiger partial charge in [-0.2, -0.15) is 12.7 Å². The number of nitrogens with zero attached hydrogens (tertiary/aromatic N) is 2. The minimum atomic E-state index is -3.85. The quantitative estimate of drug-likeness (QED) is 0.723. The van der Waals surface area contributed by atoms with E-state index in [-0.39, 0.29) is 15.9 Å². The highest BCUT2D eigenvalue weighted by Crippen LogP contribution is 2.19. The number of hydrogen-bond donors (Lipinski definition) is 1. The predicted molar refractivity (Wildman–Crippen MR) is 63.1 cm³/mol. The lowest BCUT2D eigenvalue weighted by Crippen LogP contribution is -2.59. The lowest BCUT2D eigenvalue weighted by molar-refractivity contribution is -0.802. The number of quaternary nitrogens is 1. The molecule has 104 valence electrons. The van der Waals surface area contributed by atoms with Gasteiger partial charge in [0.25, 0.3) is 0 Å². The zero-order valence-corrected chi connectivity index (χ0v) is 11.6. The molecule has 8 heteroatoms. The van der Waals surface area contributed by atoms with Gasteiger partial charge in [0.1, 0.15) is 0 Å².